The number of ketones is 1. The Bertz CT molecular complexity index is 936. The van der Waals surface area contributed by atoms with Crippen LogP contribution in [0.5, 0.6) is 0 Å². The highest BCUT2D eigenvalue weighted by Crippen LogP contribution is 2.41. The Kier molecular flexibility index (Phi) is 6.49. The van der Waals surface area contributed by atoms with Crippen molar-refractivity contribution in [3.05, 3.63) is 63.1 Å². The fourth-order valence-corrected chi connectivity index (χ4v) is 4.44. The van der Waals surface area contributed by atoms with Crippen LogP contribution in [0.2, 0.25) is 0 Å². The number of likely N-dealkylation sites (tertiary alicyclic amines) is 1. The molecule has 7 heteroatoms. The number of aliphatic hydroxyl groups excluding tert-OH is 1. The van der Waals surface area contributed by atoms with Crippen LogP contribution < -0.4 is 0 Å². The summed E-state index contributed by atoms with van der Waals surface area (Å²) in [5, 5.41) is 12.8. The number of hydrogen-bond donors (Lipinski definition) is 1. The molecule has 1 unspecified atom stereocenters. The van der Waals surface area contributed by atoms with Gasteiger partial charge >= 0.3 is 0 Å². The first-order valence-corrected chi connectivity index (χ1v) is 10.6. The number of thiophene rings is 1. The van der Waals surface area contributed by atoms with Crippen molar-refractivity contribution >= 4 is 28.8 Å². The summed E-state index contributed by atoms with van der Waals surface area (Å²) in [6.07, 6.45) is 0. The van der Waals surface area contributed by atoms with Crippen molar-refractivity contribution < 1.29 is 19.1 Å². The summed E-state index contributed by atoms with van der Waals surface area (Å²) in [5.41, 5.74) is 0.743. The highest BCUT2D eigenvalue weighted by molar-refractivity contribution is 7.10. The minimum Gasteiger partial charge on any atom is -0.507 e. The molecule has 1 N–H and O–H groups in total. The third-order valence-corrected chi connectivity index (χ3v) is 6.26. The standard InChI is InChI=1S/C22H25FN2O3S/c1-4-24(5-2)10-11-25-19(17-7-6-12-29-17)18(21(27)22(25)28)20(26)15-8-9-16(23)14(3)13-15/h6-9,12-13,19,26H,4-5,10-11H2,1-3H3/b20-18-. The maximum Gasteiger partial charge on any atom is 0.295 e. The summed E-state index contributed by atoms with van der Waals surface area (Å²) in [7, 11) is 0. The van der Waals surface area contributed by atoms with Crippen LogP contribution in [0, 0.1) is 12.7 Å². The zero-order valence-electron chi connectivity index (χ0n) is 16.8. The summed E-state index contributed by atoms with van der Waals surface area (Å²) in [4.78, 5) is 30.2. The van der Waals surface area contributed by atoms with Crippen LogP contribution in [0.15, 0.2) is 41.3 Å². The number of halogens is 1. The van der Waals surface area contributed by atoms with Gasteiger partial charge in [0.1, 0.15) is 11.6 Å². The Morgan fingerprint density at radius 3 is 2.55 bits per heavy atom. The van der Waals surface area contributed by atoms with E-state index in [0.29, 0.717) is 24.2 Å². The van der Waals surface area contributed by atoms with Crippen molar-refractivity contribution in [2.24, 2.45) is 0 Å². The van der Waals surface area contributed by atoms with Gasteiger partial charge in [-0.05, 0) is 55.2 Å². The van der Waals surface area contributed by atoms with Crippen molar-refractivity contribution in [1.82, 2.24) is 9.80 Å². The Hall–Kier alpha value is -2.51. The fraction of sp³-hybridized carbons (Fsp3) is 0.364. The van der Waals surface area contributed by atoms with Crippen LogP contribution in [-0.4, -0.2) is 52.8 Å². The van der Waals surface area contributed by atoms with Crippen molar-refractivity contribution in [3.63, 3.8) is 0 Å². The van der Waals surface area contributed by atoms with Gasteiger partial charge in [0.25, 0.3) is 11.7 Å². The van der Waals surface area contributed by atoms with Gasteiger partial charge in [-0.3, -0.25) is 9.59 Å². The lowest BCUT2D eigenvalue weighted by Gasteiger charge is -2.27. The van der Waals surface area contributed by atoms with E-state index < -0.39 is 23.5 Å². The molecule has 1 aromatic carbocycles. The zero-order chi connectivity index (χ0) is 21.1. The summed E-state index contributed by atoms with van der Waals surface area (Å²) in [5.74, 6) is -1.98. The van der Waals surface area contributed by atoms with E-state index in [0.717, 1.165) is 18.0 Å². The van der Waals surface area contributed by atoms with E-state index in [4.69, 9.17) is 0 Å². The van der Waals surface area contributed by atoms with E-state index in [9.17, 15) is 19.1 Å². The van der Waals surface area contributed by atoms with Crippen LogP contribution in [0.25, 0.3) is 5.76 Å². The van der Waals surface area contributed by atoms with E-state index in [-0.39, 0.29) is 11.3 Å². The molecule has 1 aromatic heterocycles. The highest BCUT2D eigenvalue weighted by Gasteiger charge is 2.46. The van der Waals surface area contributed by atoms with Gasteiger partial charge in [0.05, 0.1) is 11.6 Å². The minimum atomic E-state index is -0.706. The van der Waals surface area contributed by atoms with E-state index >= 15 is 0 Å². The van der Waals surface area contributed by atoms with Gasteiger partial charge in [-0.15, -0.1) is 11.3 Å². The maximum absolute atomic E-state index is 13.7. The molecule has 1 aliphatic rings. The van der Waals surface area contributed by atoms with Gasteiger partial charge in [0.2, 0.25) is 0 Å². The lowest BCUT2D eigenvalue weighted by molar-refractivity contribution is -0.140. The normalized spacial score (nSPS) is 18.8. The first-order valence-electron chi connectivity index (χ1n) is 9.69. The van der Waals surface area contributed by atoms with Crippen LogP contribution in [0.3, 0.4) is 0 Å². The third kappa shape index (κ3) is 4.11. The number of carbonyl (C=O) groups is 2. The summed E-state index contributed by atoms with van der Waals surface area (Å²) in [6.45, 7) is 8.39. The topological polar surface area (TPSA) is 60.9 Å². The highest BCUT2D eigenvalue weighted by atomic mass is 32.1. The van der Waals surface area contributed by atoms with Gasteiger partial charge in [0.15, 0.2) is 0 Å². The summed E-state index contributed by atoms with van der Waals surface area (Å²) >= 11 is 1.43. The van der Waals surface area contributed by atoms with Gasteiger partial charge < -0.3 is 14.9 Å². The SMILES string of the molecule is CCN(CC)CCN1C(=O)C(=O)/C(=C(\O)c2ccc(F)c(C)c2)C1c1cccs1. The van der Waals surface area contributed by atoms with E-state index in [1.54, 1.807) is 6.92 Å². The molecular formula is C22H25FN2O3S. The molecule has 2 aromatic rings. The second-order valence-electron chi connectivity index (χ2n) is 7.00. The predicted octanol–water partition coefficient (Wildman–Crippen LogP) is 3.96. The average Bonchev–Trinajstić information content (AvgIpc) is 3.32. The largest absolute Gasteiger partial charge is 0.507 e. The molecule has 1 amide bonds. The van der Waals surface area contributed by atoms with Crippen molar-refractivity contribution in [1.29, 1.82) is 0 Å². The number of carbonyl (C=O) groups excluding carboxylic acids is 2. The molecule has 0 spiro atoms. The van der Waals surface area contributed by atoms with E-state index in [2.05, 4.69) is 4.90 Å². The molecular weight excluding hydrogens is 391 g/mol. The fourth-order valence-electron chi connectivity index (χ4n) is 3.59. The number of nitrogens with zero attached hydrogens (tertiary/aromatic N) is 2. The molecule has 1 fully saturated rings. The number of likely N-dealkylation sites (N-methyl/N-ethyl adjacent to an activating group) is 1. The Balaban J connectivity index is 2.06. The molecule has 0 saturated carbocycles. The molecule has 1 atom stereocenters. The number of aryl methyl sites for hydroxylation is 1. The van der Waals surface area contributed by atoms with E-state index in [1.165, 1.54) is 34.4 Å². The Labute approximate surface area is 174 Å². The molecule has 5 nitrogen and oxygen atoms in total. The van der Waals surface area contributed by atoms with Crippen molar-refractivity contribution in [2.75, 3.05) is 26.2 Å². The summed E-state index contributed by atoms with van der Waals surface area (Å²) in [6, 6.07) is 7.23. The average molecular weight is 417 g/mol. The smallest absolute Gasteiger partial charge is 0.295 e. The van der Waals surface area contributed by atoms with Crippen LogP contribution in [0.1, 0.15) is 35.9 Å². The number of benzene rings is 1. The van der Waals surface area contributed by atoms with Gasteiger partial charge in [-0.25, -0.2) is 4.39 Å². The molecule has 0 bridgehead atoms. The molecule has 1 saturated heterocycles. The summed E-state index contributed by atoms with van der Waals surface area (Å²) < 4.78 is 13.7. The number of amides is 1. The Morgan fingerprint density at radius 2 is 1.97 bits per heavy atom. The number of aliphatic hydroxyl groups is 1. The quantitative estimate of drug-likeness (QED) is 0.422. The predicted molar refractivity (Wildman–Crippen MR) is 112 cm³/mol. The number of Topliss-reactive ketones (excluding diaryl/α,β-unsaturated/α-hetero) is 1. The van der Waals surface area contributed by atoms with Crippen molar-refractivity contribution in [2.45, 2.75) is 26.8 Å². The van der Waals surface area contributed by atoms with Crippen molar-refractivity contribution in [3.8, 4) is 0 Å². The zero-order valence-corrected chi connectivity index (χ0v) is 17.6. The van der Waals surface area contributed by atoms with Crippen LogP contribution >= 0.6 is 11.3 Å². The second kappa shape index (κ2) is 8.88. The monoisotopic (exact) mass is 416 g/mol. The van der Waals surface area contributed by atoms with Gasteiger partial charge in [-0.2, -0.15) is 0 Å². The molecule has 0 radical (unpaired) electrons. The Morgan fingerprint density at radius 1 is 1.24 bits per heavy atom. The first kappa shape index (κ1) is 21.2. The molecule has 3 rings (SSSR count). The maximum atomic E-state index is 13.7. The van der Waals surface area contributed by atoms with Crippen LogP contribution in [-0.2, 0) is 9.59 Å². The molecule has 154 valence electrons. The number of hydrogen-bond acceptors (Lipinski definition) is 5. The molecule has 0 aliphatic carbocycles. The molecule has 2 heterocycles. The third-order valence-electron chi connectivity index (χ3n) is 5.34. The van der Waals surface area contributed by atoms with Gasteiger partial charge in [-0.1, -0.05) is 19.9 Å². The molecule has 1 aliphatic heterocycles. The van der Waals surface area contributed by atoms with Gasteiger partial charge in [0, 0.05) is 23.5 Å². The first-order chi connectivity index (χ1) is 13.9. The second-order valence-corrected chi connectivity index (χ2v) is 7.98. The lowest BCUT2D eigenvalue weighted by Crippen LogP contribution is -2.37. The minimum absolute atomic E-state index is 0.0583. The molecule has 29 heavy (non-hydrogen) atoms. The van der Waals surface area contributed by atoms with Crippen LogP contribution in [0.4, 0.5) is 4.39 Å². The lowest BCUT2D eigenvalue weighted by atomic mass is 9.99. The number of rotatable bonds is 7. The van der Waals surface area contributed by atoms with E-state index in [1.807, 2.05) is 31.4 Å².